The maximum absolute atomic E-state index is 13.2. The minimum absolute atomic E-state index is 0.0580. The number of carbonyl (C=O) groups excluding carboxylic acids is 1. The highest BCUT2D eigenvalue weighted by Gasteiger charge is 2.38. The number of halogens is 5. The van der Waals surface area contributed by atoms with Gasteiger partial charge in [-0.25, -0.2) is 18.8 Å². The average molecular weight is 632 g/mol. The first kappa shape index (κ1) is 29.1. The number of aromatic nitrogens is 4. The highest BCUT2D eigenvalue weighted by Crippen LogP contribution is 2.28. The molecule has 204 valence electrons. The predicted octanol–water partition coefficient (Wildman–Crippen LogP) is 5.06. The van der Waals surface area contributed by atoms with Gasteiger partial charge in [-0.3, -0.25) is 14.7 Å². The Morgan fingerprint density at radius 3 is 2.64 bits per heavy atom. The minimum Gasteiger partial charge on any atom is -0.475 e. The van der Waals surface area contributed by atoms with E-state index >= 15 is 0 Å². The number of alkyl halides is 3. The van der Waals surface area contributed by atoms with Gasteiger partial charge in [0.15, 0.2) is 5.69 Å². The third kappa shape index (κ3) is 8.27. The van der Waals surface area contributed by atoms with Gasteiger partial charge in [0.25, 0.3) is 5.91 Å². The van der Waals surface area contributed by atoms with E-state index in [1.165, 1.54) is 35.8 Å². The molecule has 0 atom stereocenters. The van der Waals surface area contributed by atoms with Crippen molar-refractivity contribution in [3.8, 4) is 10.6 Å². The molecule has 0 aliphatic heterocycles. The van der Waals surface area contributed by atoms with E-state index in [-0.39, 0.29) is 16.0 Å². The number of carboxylic acid groups (broad SMARTS) is 1. The zero-order chi connectivity index (χ0) is 28.6. The number of amides is 1. The van der Waals surface area contributed by atoms with Gasteiger partial charge in [-0.1, -0.05) is 5.16 Å². The average Bonchev–Trinajstić information content (AvgIpc) is 3.50. The van der Waals surface area contributed by atoms with Crippen LogP contribution in [0.3, 0.4) is 0 Å². The number of thiazole rings is 1. The lowest BCUT2D eigenvalue weighted by atomic mass is 10.3. The van der Waals surface area contributed by atoms with Crippen molar-refractivity contribution < 1.29 is 41.8 Å². The molecular weight excluding hydrogens is 618 g/mol. The van der Waals surface area contributed by atoms with Gasteiger partial charge in [-0.05, 0) is 63.5 Å². The summed E-state index contributed by atoms with van der Waals surface area (Å²) in [7, 11) is 0. The molecule has 0 saturated carbocycles. The van der Waals surface area contributed by atoms with Gasteiger partial charge >= 0.3 is 12.1 Å². The standard InChI is InChI=1S/C19H13BrFN7O3S.C2HF3O2/c1-10-16(32-19(24-10)11-3-2-6-22-8-11)18(29)25-17-15(27-31-28-17)9-23-30-26-12-4-5-14(21)13(20)7-12;3-2(4,5)1(6)7/h2-9,26H,1H3,(H,25,28,29);(H,6,7)/b23-9+;. The summed E-state index contributed by atoms with van der Waals surface area (Å²) in [5.74, 6) is -3.53. The van der Waals surface area contributed by atoms with Crippen molar-refractivity contribution in [1.82, 2.24) is 20.3 Å². The number of aryl methyl sites for hydroxylation is 1. The molecule has 0 aliphatic rings. The fourth-order valence-electron chi connectivity index (χ4n) is 2.47. The normalized spacial score (nSPS) is 11.0. The van der Waals surface area contributed by atoms with Crippen molar-refractivity contribution in [2.24, 2.45) is 5.16 Å². The zero-order valence-corrected chi connectivity index (χ0v) is 21.6. The molecular formula is C21H14BrF4N7O5S. The predicted molar refractivity (Wildman–Crippen MR) is 132 cm³/mol. The number of carbonyl (C=O) groups is 2. The van der Waals surface area contributed by atoms with Crippen LogP contribution in [-0.2, 0) is 9.73 Å². The summed E-state index contributed by atoms with van der Waals surface area (Å²) in [4.78, 5) is 35.5. The van der Waals surface area contributed by atoms with E-state index < -0.39 is 23.9 Å². The second-order valence-corrected chi connectivity index (χ2v) is 8.84. The number of benzene rings is 1. The van der Waals surface area contributed by atoms with Crippen molar-refractivity contribution in [3.05, 3.63) is 69.3 Å². The van der Waals surface area contributed by atoms with Crippen molar-refractivity contribution in [2.45, 2.75) is 13.1 Å². The Balaban J connectivity index is 0.000000532. The van der Waals surface area contributed by atoms with Crippen molar-refractivity contribution in [3.63, 3.8) is 0 Å². The molecule has 1 amide bonds. The van der Waals surface area contributed by atoms with E-state index in [1.54, 1.807) is 25.4 Å². The van der Waals surface area contributed by atoms with Gasteiger partial charge in [0, 0.05) is 18.0 Å². The Morgan fingerprint density at radius 1 is 1.26 bits per heavy atom. The van der Waals surface area contributed by atoms with Crippen LogP contribution < -0.4 is 10.8 Å². The number of anilines is 2. The van der Waals surface area contributed by atoms with Crippen LogP contribution in [0.4, 0.5) is 29.1 Å². The van der Waals surface area contributed by atoms with E-state index in [0.717, 1.165) is 5.56 Å². The maximum Gasteiger partial charge on any atom is 0.490 e. The SMILES string of the molecule is Cc1nc(-c2cccnc2)sc1C(=O)Nc1nonc1/C=N/ONc1ccc(F)c(Br)c1.O=C(O)C(F)(F)F. The molecule has 0 radical (unpaired) electrons. The Kier molecular flexibility index (Phi) is 9.61. The summed E-state index contributed by atoms with van der Waals surface area (Å²) in [5, 5.41) is 21.5. The number of nitrogens with one attached hydrogen (secondary N) is 2. The number of hydrogen-bond acceptors (Lipinski definition) is 11. The van der Waals surface area contributed by atoms with Crippen LogP contribution in [0.15, 0.2) is 57.0 Å². The van der Waals surface area contributed by atoms with E-state index in [9.17, 15) is 22.4 Å². The fraction of sp³-hybridized carbons (Fsp3) is 0.0952. The van der Waals surface area contributed by atoms with Gasteiger partial charge in [0.1, 0.15) is 21.9 Å². The third-order valence-corrected chi connectivity index (χ3v) is 6.02. The maximum atomic E-state index is 13.2. The van der Waals surface area contributed by atoms with Gasteiger partial charge in [-0.2, -0.15) is 18.7 Å². The number of pyridine rings is 1. The van der Waals surface area contributed by atoms with Gasteiger partial charge in [0.2, 0.25) is 5.82 Å². The highest BCUT2D eigenvalue weighted by molar-refractivity contribution is 9.10. The molecule has 0 fully saturated rings. The number of carboxylic acids is 1. The van der Waals surface area contributed by atoms with E-state index in [0.29, 0.717) is 21.3 Å². The molecule has 0 aliphatic carbocycles. The number of aliphatic carboxylic acids is 1. The second-order valence-electron chi connectivity index (χ2n) is 6.99. The van der Waals surface area contributed by atoms with E-state index in [2.05, 4.69) is 56.8 Å². The Hall–Kier alpha value is -4.45. The number of hydrogen-bond donors (Lipinski definition) is 3. The van der Waals surface area contributed by atoms with Crippen LogP contribution >= 0.6 is 27.3 Å². The van der Waals surface area contributed by atoms with Crippen LogP contribution in [-0.4, -0.2) is 49.7 Å². The Labute approximate surface area is 227 Å². The third-order valence-electron chi connectivity index (χ3n) is 4.21. The minimum atomic E-state index is -5.08. The summed E-state index contributed by atoms with van der Waals surface area (Å²) in [6.07, 6.45) is -0.552. The summed E-state index contributed by atoms with van der Waals surface area (Å²) < 4.78 is 49.9. The first-order valence-corrected chi connectivity index (χ1v) is 11.8. The van der Waals surface area contributed by atoms with Gasteiger partial charge in [-0.15, -0.1) is 11.3 Å². The molecule has 4 aromatic rings. The molecule has 12 nitrogen and oxygen atoms in total. The lowest BCUT2D eigenvalue weighted by Gasteiger charge is -2.03. The van der Waals surface area contributed by atoms with E-state index in [1.807, 2.05) is 6.07 Å². The van der Waals surface area contributed by atoms with Crippen molar-refractivity contribution in [1.29, 1.82) is 0 Å². The molecule has 4 rings (SSSR count). The topological polar surface area (TPSA) is 165 Å². The molecule has 1 aromatic carbocycles. The van der Waals surface area contributed by atoms with E-state index in [4.69, 9.17) is 14.8 Å². The smallest absolute Gasteiger partial charge is 0.475 e. The monoisotopic (exact) mass is 631 g/mol. The van der Waals surface area contributed by atoms with Gasteiger partial charge < -0.3 is 10.4 Å². The summed E-state index contributed by atoms with van der Waals surface area (Å²) in [6.45, 7) is 1.74. The van der Waals surface area contributed by atoms with Gasteiger partial charge in [0.05, 0.1) is 15.9 Å². The van der Waals surface area contributed by atoms with Crippen LogP contribution in [0.25, 0.3) is 10.6 Å². The van der Waals surface area contributed by atoms with Crippen LogP contribution in [0.1, 0.15) is 21.1 Å². The van der Waals surface area contributed by atoms with Crippen molar-refractivity contribution in [2.75, 3.05) is 10.8 Å². The fourth-order valence-corrected chi connectivity index (χ4v) is 3.80. The number of oxime groups is 1. The molecule has 3 heterocycles. The highest BCUT2D eigenvalue weighted by atomic mass is 79.9. The first-order chi connectivity index (χ1) is 18.5. The number of nitrogens with zero attached hydrogens (tertiary/aromatic N) is 5. The lowest BCUT2D eigenvalue weighted by Crippen LogP contribution is -2.21. The summed E-state index contributed by atoms with van der Waals surface area (Å²) in [6, 6.07) is 7.86. The molecule has 0 bridgehead atoms. The van der Waals surface area contributed by atoms with Crippen LogP contribution in [0.2, 0.25) is 0 Å². The quantitative estimate of drug-likeness (QED) is 0.143. The largest absolute Gasteiger partial charge is 0.490 e. The Bertz CT molecular complexity index is 1480. The number of rotatable bonds is 7. The van der Waals surface area contributed by atoms with Crippen LogP contribution in [0, 0.1) is 12.7 Å². The summed E-state index contributed by atoms with van der Waals surface area (Å²) >= 11 is 4.30. The van der Waals surface area contributed by atoms with Crippen molar-refractivity contribution >= 4 is 56.9 Å². The molecule has 0 spiro atoms. The molecule has 3 N–H and O–H groups in total. The molecule has 0 saturated heterocycles. The molecule has 39 heavy (non-hydrogen) atoms. The second kappa shape index (κ2) is 12.9. The summed E-state index contributed by atoms with van der Waals surface area (Å²) in [5.41, 5.74) is 4.49. The van der Waals surface area contributed by atoms with Crippen LogP contribution in [0.5, 0.6) is 0 Å². The molecule has 0 unspecified atom stereocenters. The zero-order valence-electron chi connectivity index (χ0n) is 19.2. The Morgan fingerprint density at radius 2 is 2.00 bits per heavy atom. The molecule has 3 aromatic heterocycles. The molecule has 18 heteroatoms. The first-order valence-electron chi connectivity index (χ1n) is 10.2. The lowest BCUT2D eigenvalue weighted by molar-refractivity contribution is -0.192.